The smallest absolute Gasteiger partial charge is 0.238 e. The SMILES string of the molecule is O=C(CN1CCC(c2ccnc(Nc3ccc(F)cn3)c2)CC1)Nc1ccccc1F. The summed E-state index contributed by atoms with van der Waals surface area (Å²) >= 11 is 0. The van der Waals surface area contributed by atoms with Gasteiger partial charge in [-0.2, -0.15) is 0 Å². The Bertz CT molecular complexity index is 1040. The molecule has 1 amide bonds. The summed E-state index contributed by atoms with van der Waals surface area (Å²) in [6, 6.07) is 13.0. The van der Waals surface area contributed by atoms with E-state index >= 15 is 0 Å². The number of para-hydroxylation sites is 1. The van der Waals surface area contributed by atoms with Gasteiger partial charge >= 0.3 is 0 Å². The summed E-state index contributed by atoms with van der Waals surface area (Å²) in [6.07, 6.45) is 4.72. The fraction of sp³-hybridized carbons (Fsp3) is 0.261. The molecule has 4 rings (SSSR count). The third-order valence-corrected chi connectivity index (χ3v) is 5.34. The van der Waals surface area contributed by atoms with Crippen molar-refractivity contribution in [1.82, 2.24) is 14.9 Å². The Morgan fingerprint density at radius 3 is 2.58 bits per heavy atom. The van der Waals surface area contributed by atoms with Crippen molar-refractivity contribution >= 4 is 23.2 Å². The number of hydrogen-bond acceptors (Lipinski definition) is 5. The average molecular weight is 423 g/mol. The van der Waals surface area contributed by atoms with Crippen LogP contribution in [0, 0.1) is 11.6 Å². The van der Waals surface area contributed by atoms with E-state index in [-0.39, 0.29) is 24.0 Å². The van der Waals surface area contributed by atoms with Gasteiger partial charge in [-0.25, -0.2) is 18.7 Å². The number of likely N-dealkylation sites (tertiary alicyclic amines) is 1. The van der Waals surface area contributed by atoms with E-state index in [0.717, 1.165) is 37.7 Å². The second-order valence-corrected chi connectivity index (χ2v) is 7.54. The van der Waals surface area contributed by atoms with Gasteiger partial charge in [-0.15, -0.1) is 0 Å². The quantitative estimate of drug-likeness (QED) is 0.618. The summed E-state index contributed by atoms with van der Waals surface area (Å²) in [5.74, 6) is 0.500. The van der Waals surface area contributed by atoms with Crippen molar-refractivity contribution in [2.75, 3.05) is 30.3 Å². The maximum Gasteiger partial charge on any atom is 0.238 e. The largest absolute Gasteiger partial charge is 0.325 e. The first kappa shape index (κ1) is 20.9. The lowest BCUT2D eigenvalue weighted by Gasteiger charge is -2.31. The summed E-state index contributed by atoms with van der Waals surface area (Å²) in [5, 5.41) is 5.72. The maximum atomic E-state index is 13.7. The van der Waals surface area contributed by atoms with Crippen LogP contribution in [0.3, 0.4) is 0 Å². The number of halogens is 2. The molecule has 0 saturated carbocycles. The Hall–Kier alpha value is -3.39. The van der Waals surface area contributed by atoms with Crippen molar-refractivity contribution in [3.05, 3.63) is 78.1 Å². The van der Waals surface area contributed by atoms with E-state index in [1.54, 1.807) is 30.5 Å². The molecule has 160 valence electrons. The van der Waals surface area contributed by atoms with E-state index in [9.17, 15) is 13.6 Å². The van der Waals surface area contributed by atoms with Gasteiger partial charge in [-0.3, -0.25) is 9.69 Å². The molecule has 6 nitrogen and oxygen atoms in total. The fourth-order valence-corrected chi connectivity index (χ4v) is 3.73. The predicted octanol–water partition coefficient (Wildman–Crippen LogP) is 4.32. The van der Waals surface area contributed by atoms with Crippen LogP contribution >= 0.6 is 0 Å². The van der Waals surface area contributed by atoms with E-state index in [1.807, 2.05) is 12.1 Å². The lowest BCUT2D eigenvalue weighted by molar-refractivity contribution is -0.117. The van der Waals surface area contributed by atoms with Crippen molar-refractivity contribution in [2.24, 2.45) is 0 Å². The van der Waals surface area contributed by atoms with Crippen LogP contribution in [0.25, 0.3) is 0 Å². The molecule has 3 heterocycles. The van der Waals surface area contributed by atoms with Crippen molar-refractivity contribution in [3.63, 3.8) is 0 Å². The molecule has 0 spiro atoms. The van der Waals surface area contributed by atoms with Crippen molar-refractivity contribution < 1.29 is 13.6 Å². The highest BCUT2D eigenvalue weighted by Gasteiger charge is 2.22. The molecule has 31 heavy (non-hydrogen) atoms. The molecular weight excluding hydrogens is 400 g/mol. The van der Waals surface area contributed by atoms with E-state index < -0.39 is 5.82 Å². The number of hydrogen-bond donors (Lipinski definition) is 2. The van der Waals surface area contributed by atoms with Crippen LogP contribution in [0.1, 0.15) is 24.3 Å². The van der Waals surface area contributed by atoms with Gasteiger partial charge in [0.05, 0.1) is 18.4 Å². The number of nitrogens with zero attached hydrogens (tertiary/aromatic N) is 3. The number of piperidine rings is 1. The lowest BCUT2D eigenvalue weighted by atomic mass is 9.90. The van der Waals surface area contributed by atoms with E-state index in [4.69, 9.17) is 0 Å². The number of carbonyl (C=O) groups is 1. The third-order valence-electron chi connectivity index (χ3n) is 5.34. The minimum Gasteiger partial charge on any atom is -0.325 e. The standard InChI is InChI=1S/C23H23F2N5O/c24-18-5-6-21(27-14-18)29-22-13-17(7-10-26-22)16-8-11-30(12-9-16)15-23(31)28-20-4-2-1-3-19(20)25/h1-7,10,13-14,16H,8-9,11-12,15H2,(H,28,31)(H,26,27,29). The summed E-state index contributed by atoms with van der Waals surface area (Å²) in [7, 11) is 0. The van der Waals surface area contributed by atoms with Crippen LogP contribution in [0.15, 0.2) is 60.9 Å². The molecule has 1 saturated heterocycles. The highest BCUT2D eigenvalue weighted by Crippen LogP contribution is 2.29. The zero-order chi connectivity index (χ0) is 21.6. The number of aromatic nitrogens is 2. The third kappa shape index (κ3) is 5.61. The van der Waals surface area contributed by atoms with Crippen LogP contribution in [-0.4, -0.2) is 40.4 Å². The first-order valence-corrected chi connectivity index (χ1v) is 10.2. The Labute approximate surface area is 179 Å². The van der Waals surface area contributed by atoms with E-state index in [2.05, 4.69) is 25.5 Å². The topological polar surface area (TPSA) is 70.2 Å². The number of anilines is 3. The number of rotatable bonds is 6. The number of carbonyl (C=O) groups excluding carboxylic acids is 1. The van der Waals surface area contributed by atoms with Gasteiger partial charge in [-0.1, -0.05) is 12.1 Å². The second kappa shape index (κ2) is 9.61. The lowest BCUT2D eigenvalue weighted by Crippen LogP contribution is -2.38. The van der Waals surface area contributed by atoms with Crippen LogP contribution in [0.2, 0.25) is 0 Å². The molecule has 3 aromatic rings. The summed E-state index contributed by atoms with van der Waals surface area (Å²) in [6.45, 7) is 1.79. The first-order chi connectivity index (χ1) is 15.1. The summed E-state index contributed by atoms with van der Waals surface area (Å²) in [5.41, 5.74) is 1.37. The molecule has 8 heteroatoms. The van der Waals surface area contributed by atoms with E-state index in [0.29, 0.717) is 17.6 Å². The zero-order valence-electron chi connectivity index (χ0n) is 16.9. The molecule has 1 aliphatic rings. The molecule has 0 unspecified atom stereocenters. The fourth-order valence-electron chi connectivity index (χ4n) is 3.73. The van der Waals surface area contributed by atoms with Gasteiger partial charge in [0, 0.05) is 6.20 Å². The van der Waals surface area contributed by atoms with Gasteiger partial charge in [0.25, 0.3) is 0 Å². The van der Waals surface area contributed by atoms with Gasteiger partial charge in [0.1, 0.15) is 23.3 Å². The molecule has 2 aromatic heterocycles. The molecular formula is C23H23F2N5O. The van der Waals surface area contributed by atoms with Crippen molar-refractivity contribution in [1.29, 1.82) is 0 Å². The number of amides is 1. The summed E-state index contributed by atoms with van der Waals surface area (Å²) in [4.78, 5) is 22.6. The number of nitrogens with one attached hydrogen (secondary N) is 2. The van der Waals surface area contributed by atoms with Gasteiger partial charge < -0.3 is 10.6 Å². The molecule has 0 bridgehead atoms. The van der Waals surface area contributed by atoms with Crippen LogP contribution < -0.4 is 10.6 Å². The molecule has 2 N–H and O–H groups in total. The van der Waals surface area contributed by atoms with Gasteiger partial charge in [0.15, 0.2) is 0 Å². The maximum absolute atomic E-state index is 13.7. The molecule has 0 radical (unpaired) electrons. The Morgan fingerprint density at radius 1 is 1.03 bits per heavy atom. The second-order valence-electron chi connectivity index (χ2n) is 7.54. The van der Waals surface area contributed by atoms with Gasteiger partial charge in [-0.05, 0) is 73.8 Å². The molecule has 1 aliphatic heterocycles. The van der Waals surface area contributed by atoms with Crippen LogP contribution in [0.5, 0.6) is 0 Å². The first-order valence-electron chi connectivity index (χ1n) is 10.2. The molecule has 1 fully saturated rings. The molecule has 0 aliphatic carbocycles. The monoisotopic (exact) mass is 423 g/mol. The number of pyridine rings is 2. The molecule has 0 atom stereocenters. The van der Waals surface area contributed by atoms with Crippen LogP contribution in [-0.2, 0) is 4.79 Å². The van der Waals surface area contributed by atoms with Crippen molar-refractivity contribution in [2.45, 2.75) is 18.8 Å². The Kier molecular flexibility index (Phi) is 6.47. The van der Waals surface area contributed by atoms with Gasteiger partial charge in [0.2, 0.25) is 5.91 Å². The average Bonchev–Trinajstić information content (AvgIpc) is 2.78. The Balaban J connectivity index is 1.30. The van der Waals surface area contributed by atoms with Crippen LogP contribution in [0.4, 0.5) is 26.1 Å². The zero-order valence-corrected chi connectivity index (χ0v) is 16.9. The normalized spacial score (nSPS) is 14.9. The minimum absolute atomic E-state index is 0.204. The Morgan fingerprint density at radius 2 is 1.84 bits per heavy atom. The predicted molar refractivity (Wildman–Crippen MR) is 115 cm³/mol. The number of benzene rings is 1. The highest BCUT2D eigenvalue weighted by atomic mass is 19.1. The minimum atomic E-state index is -0.438. The summed E-state index contributed by atoms with van der Waals surface area (Å²) < 4.78 is 26.7. The van der Waals surface area contributed by atoms with E-state index in [1.165, 1.54) is 12.1 Å². The highest BCUT2D eigenvalue weighted by molar-refractivity contribution is 5.92. The van der Waals surface area contributed by atoms with Crippen molar-refractivity contribution in [3.8, 4) is 0 Å². The molecule has 1 aromatic carbocycles.